The van der Waals surface area contributed by atoms with Gasteiger partial charge in [0, 0.05) is 19.2 Å². The highest BCUT2D eigenvalue weighted by atomic mass is 16.5. The van der Waals surface area contributed by atoms with E-state index in [2.05, 4.69) is 16.8 Å². The minimum Gasteiger partial charge on any atom is -0.480 e. The monoisotopic (exact) mass is 280 g/mol. The highest BCUT2D eigenvalue weighted by Crippen LogP contribution is 2.24. The molecule has 0 N–H and O–H groups in total. The first-order valence-corrected chi connectivity index (χ1v) is 6.65. The molecule has 20 heavy (non-hydrogen) atoms. The van der Waals surface area contributed by atoms with E-state index in [4.69, 9.17) is 14.2 Å². The number of pyridine rings is 1. The summed E-state index contributed by atoms with van der Waals surface area (Å²) in [6.07, 6.45) is 0.947. The van der Waals surface area contributed by atoms with Crippen LogP contribution in [0.15, 0.2) is 12.1 Å². The number of hydrogen-bond acceptors (Lipinski definition) is 6. The first kappa shape index (κ1) is 14.6. The zero-order valence-corrected chi connectivity index (χ0v) is 12.1. The van der Waals surface area contributed by atoms with Crippen molar-refractivity contribution < 1.29 is 19.0 Å². The van der Waals surface area contributed by atoms with Crippen molar-refractivity contribution in [3.05, 3.63) is 17.7 Å². The van der Waals surface area contributed by atoms with E-state index in [0.29, 0.717) is 18.2 Å². The van der Waals surface area contributed by atoms with Crippen molar-refractivity contribution in [1.82, 2.24) is 4.98 Å². The zero-order valence-electron chi connectivity index (χ0n) is 12.1. The Hall–Kier alpha value is -1.82. The Kier molecular flexibility index (Phi) is 4.79. The molecule has 1 fully saturated rings. The molecular formula is C14H20N2O4. The second kappa shape index (κ2) is 6.56. The van der Waals surface area contributed by atoms with Gasteiger partial charge in [-0.05, 0) is 25.5 Å². The first-order chi connectivity index (χ1) is 9.67. The molecule has 0 aromatic carbocycles. The molecule has 0 saturated carbocycles. The van der Waals surface area contributed by atoms with E-state index < -0.39 is 5.97 Å². The lowest BCUT2D eigenvalue weighted by atomic mass is 10.2. The molecule has 6 heteroatoms. The van der Waals surface area contributed by atoms with Gasteiger partial charge >= 0.3 is 5.97 Å². The fourth-order valence-corrected chi connectivity index (χ4v) is 2.25. The third-order valence-electron chi connectivity index (χ3n) is 3.43. The number of anilines is 1. The fourth-order valence-electron chi connectivity index (χ4n) is 2.25. The molecule has 110 valence electrons. The van der Waals surface area contributed by atoms with Crippen molar-refractivity contribution >= 4 is 11.8 Å². The normalized spacial score (nSPS) is 19.4. The molecular weight excluding hydrogens is 260 g/mol. The van der Waals surface area contributed by atoms with Gasteiger partial charge in [-0.15, -0.1) is 0 Å². The summed E-state index contributed by atoms with van der Waals surface area (Å²) in [6.45, 7) is 4.34. The molecule has 1 aromatic rings. The molecule has 1 atom stereocenters. The number of carbonyl (C=O) groups excluding carboxylic acids is 1. The number of hydrogen-bond donors (Lipinski definition) is 0. The fraction of sp³-hybridized carbons (Fsp3) is 0.571. The summed E-state index contributed by atoms with van der Waals surface area (Å²) in [7, 11) is 2.83. The predicted molar refractivity (Wildman–Crippen MR) is 74.4 cm³/mol. The Morgan fingerprint density at radius 3 is 2.90 bits per heavy atom. The van der Waals surface area contributed by atoms with Gasteiger partial charge in [-0.2, -0.15) is 4.98 Å². The van der Waals surface area contributed by atoms with E-state index in [9.17, 15) is 4.79 Å². The molecule has 0 amide bonds. The number of carbonyl (C=O) groups is 1. The maximum atomic E-state index is 11.6. The molecule has 0 bridgehead atoms. The Labute approximate surface area is 118 Å². The zero-order chi connectivity index (χ0) is 14.5. The molecule has 0 aliphatic carbocycles. The van der Waals surface area contributed by atoms with Crippen molar-refractivity contribution in [2.75, 3.05) is 38.9 Å². The van der Waals surface area contributed by atoms with Crippen molar-refractivity contribution in [3.8, 4) is 5.88 Å². The molecule has 0 spiro atoms. The van der Waals surface area contributed by atoms with Crippen LogP contribution < -0.4 is 9.64 Å². The van der Waals surface area contributed by atoms with Gasteiger partial charge in [0.2, 0.25) is 5.88 Å². The highest BCUT2D eigenvalue weighted by Gasteiger charge is 2.21. The summed E-state index contributed by atoms with van der Waals surface area (Å²) in [5.74, 6) is 0.618. The summed E-state index contributed by atoms with van der Waals surface area (Å²) < 4.78 is 15.4. The maximum absolute atomic E-state index is 11.6. The highest BCUT2D eigenvalue weighted by molar-refractivity contribution is 5.92. The van der Waals surface area contributed by atoms with Gasteiger partial charge in [-0.1, -0.05) is 0 Å². The van der Waals surface area contributed by atoms with Crippen LogP contribution in [0.4, 0.5) is 5.82 Å². The van der Waals surface area contributed by atoms with Gasteiger partial charge in [0.15, 0.2) is 0 Å². The van der Waals surface area contributed by atoms with Gasteiger partial charge in [-0.3, -0.25) is 0 Å². The minimum absolute atomic E-state index is 0.284. The number of ether oxygens (including phenoxy) is 3. The summed E-state index contributed by atoms with van der Waals surface area (Å²) >= 11 is 0. The van der Waals surface area contributed by atoms with Gasteiger partial charge in [0.1, 0.15) is 11.4 Å². The number of nitrogens with zero attached hydrogens (tertiary/aromatic N) is 2. The first-order valence-electron chi connectivity index (χ1n) is 6.65. The smallest absolute Gasteiger partial charge is 0.343 e. The lowest BCUT2D eigenvalue weighted by Crippen LogP contribution is -2.34. The van der Waals surface area contributed by atoms with Crippen LogP contribution in [0.25, 0.3) is 0 Å². The number of rotatable bonds is 3. The van der Waals surface area contributed by atoms with Gasteiger partial charge < -0.3 is 19.1 Å². The van der Waals surface area contributed by atoms with E-state index in [-0.39, 0.29) is 5.88 Å². The number of methoxy groups -OCH3 is 2. The second-order valence-corrected chi connectivity index (χ2v) is 4.66. The van der Waals surface area contributed by atoms with Crippen LogP contribution in [0, 0.1) is 0 Å². The lowest BCUT2D eigenvalue weighted by molar-refractivity contribution is 0.0596. The van der Waals surface area contributed by atoms with Gasteiger partial charge in [0.25, 0.3) is 0 Å². The van der Waals surface area contributed by atoms with Crippen molar-refractivity contribution in [1.29, 1.82) is 0 Å². The minimum atomic E-state index is -0.451. The average Bonchev–Trinajstić information content (AvgIpc) is 2.70. The molecule has 1 unspecified atom stereocenters. The summed E-state index contributed by atoms with van der Waals surface area (Å²) in [4.78, 5) is 18.2. The van der Waals surface area contributed by atoms with Gasteiger partial charge in [0.05, 0.1) is 20.8 Å². The molecule has 2 rings (SSSR count). The van der Waals surface area contributed by atoms with Gasteiger partial charge in [-0.25, -0.2) is 4.79 Å². The maximum Gasteiger partial charge on any atom is 0.343 e. The third kappa shape index (κ3) is 3.01. The quantitative estimate of drug-likeness (QED) is 0.782. The predicted octanol–water partition coefficient (Wildman–Crippen LogP) is 1.49. The molecule has 1 aliphatic heterocycles. The Balaban J connectivity index is 2.30. The average molecular weight is 280 g/mol. The molecule has 1 aliphatic rings. The summed E-state index contributed by atoms with van der Waals surface area (Å²) in [6, 6.07) is 3.83. The van der Waals surface area contributed by atoms with Crippen LogP contribution in [0.1, 0.15) is 23.7 Å². The third-order valence-corrected chi connectivity index (χ3v) is 3.43. The van der Waals surface area contributed by atoms with Crippen LogP contribution in [-0.2, 0) is 9.47 Å². The van der Waals surface area contributed by atoms with E-state index in [1.807, 2.05) is 6.07 Å². The lowest BCUT2D eigenvalue weighted by Gasteiger charge is -2.27. The van der Waals surface area contributed by atoms with Crippen LogP contribution in [-0.4, -0.2) is 51.0 Å². The SMILES string of the molecule is COC(=O)c1ccc(N2CCOCCC2C)nc1OC. The standard InChI is InChI=1S/C14H20N2O4/c1-10-6-8-20-9-7-16(10)12-5-4-11(14(17)19-3)13(15-12)18-2/h4-5,10H,6-9H2,1-3H3. The van der Waals surface area contributed by atoms with Crippen LogP contribution in [0.3, 0.4) is 0 Å². The molecule has 2 heterocycles. The molecule has 0 radical (unpaired) electrons. The second-order valence-electron chi connectivity index (χ2n) is 4.66. The van der Waals surface area contributed by atoms with E-state index >= 15 is 0 Å². The van der Waals surface area contributed by atoms with E-state index in [1.54, 1.807) is 6.07 Å². The summed E-state index contributed by atoms with van der Waals surface area (Å²) in [5, 5.41) is 0. The van der Waals surface area contributed by atoms with Crippen LogP contribution >= 0.6 is 0 Å². The number of esters is 1. The number of aromatic nitrogens is 1. The topological polar surface area (TPSA) is 60.9 Å². The summed E-state index contributed by atoms with van der Waals surface area (Å²) in [5.41, 5.74) is 0.331. The van der Waals surface area contributed by atoms with Crippen molar-refractivity contribution in [2.24, 2.45) is 0 Å². The van der Waals surface area contributed by atoms with E-state index in [1.165, 1.54) is 14.2 Å². The van der Waals surface area contributed by atoms with Crippen LogP contribution in [0.2, 0.25) is 0 Å². The Morgan fingerprint density at radius 2 is 2.20 bits per heavy atom. The molecule has 1 saturated heterocycles. The molecule has 6 nitrogen and oxygen atoms in total. The Morgan fingerprint density at radius 1 is 1.40 bits per heavy atom. The van der Waals surface area contributed by atoms with E-state index in [0.717, 1.165) is 25.4 Å². The van der Waals surface area contributed by atoms with Crippen molar-refractivity contribution in [2.45, 2.75) is 19.4 Å². The van der Waals surface area contributed by atoms with Crippen LogP contribution in [0.5, 0.6) is 5.88 Å². The molecule has 1 aromatic heterocycles. The largest absolute Gasteiger partial charge is 0.480 e. The van der Waals surface area contributed by atoms with Crippen molar-refractivity contribution in [3.63, 3.8) is 0 Å². The Bertz CT molecular complexity index is 478.